The van der Waals surface area contributed by atoms with Crippen LogP contribution in [0.2, 0.25) is 0 Å². The van der Waals surface area contributed by atoms with Gasteiger partial charge >= 0.3 is 0 Å². The largest absolute Gasteiger partial charge is 0.497 e. The van der Waals surface area contributed by atoms with E-state index in [9.17, 15) is 9.59 Å². The molecule has 1 rings (SSSR count). The van der Waals surface area contributed by atoms with Gasteiger partial charge in [0, 0.05) is 0 Å². The minimum atomic E-state index is -0.427. The van der Waals surface area contributed by atoms with Crippen LogP contribution in [0.1, 0.15) is 10.4 Å². The fraction of sp³-hybridized carbons (Fsp3) is 0.250. The van der Waals surface area contributed by atoms with Gasteiger partial charge < -0.3 is 14.8 Å². The number of hydrogen-bond donors (Lipinski definition) is 1. The number of nitriles is 1. The summed E-state index contributed by atoms with van der Waals surface area (Å²) >= 11 is 0. The van der Waals surface area contributed by atoms with Crippen LogP contribution >= 0.6 is 0 Å². The van der Waals surface area contributed by atoms with E-state index in [-0.39, 0.29) is 18.9 Å². The summed E-state index contributed by atoms with van der Waals surface area (Å²) < 4.78 is 10.1. The maximum atomic E-state index is 11.2. The third-order valence-corrected chi connectivity index (χ3v) is 2.07. The van der Waals surface area contributed by atoms with Gasteiger partial charge in [0.15, 0.2) is 12.9 Å². The number of methoxy groups -OCH3 is 1. The molecule has 0 radical (unpaired) electrons. The first kappa shape index (κ1) is 13.5. The van der Waals surface area contributed by atoms with Crippen LogP contribution < -0.4 is 14.8 Å². The number of hydrogen-bond acceptors (Lipinski definition) is 5. The summed E-state index contributed by atoms with van der Waals surface area (Å²) in [5, 5.41) is 10.6. The molecular weight excluding hydrogens is 236 g/mol. The molecule has 6 nitrogen and oxygen atoms in total. The van der Waals surface area contributed by atoms with Crippen LogP contribution in [0, 0.1) is 11.3 Å². The second-order valence-electron chi connectivity index (χ2n) is 3.25. The topological polar surface area (TPSA) is 88.4 Å². The predicted molar refractivity (Wildman–Crippen MR) is 62.5 cm³/mol. The third kappa shape index (κ3) is 3.79. The Bertz CT molecular complexity index is 479. The van der Waals surface area contributed by atoms with E-state index in [2.05, 4.69) is 5.32 Å². The van der Waals surface area contributed by atoms with E-state index in [1.807, 2.05) is 0 Å². The summed E-state index contributed by atoms with van der Waals surface area (Å²) in [6, 6.07) is 6.45. The molecule has 0 heterocycles. The van der Waals surface area contributed by atoms with Gasteiger partial charge in [-0.1, -0.05) is 0 Å². The number of ether oxygens (including phenoxy) is 2. The number of benzene rings is 1. The second kappa shape index (κ2) is 6.91. The van der Waals surface area contributed by atoms with Crippen LogP contribution in [0.3, 0.4) is 0 Å². The highest BCUT2D eigenvalue weighted by Crippen LogP contribution is 2.22. The molecule has 0 spiro atoms. The first-order valence-corrected chi connectivity index (χ1v) is 5.11. The van der Waals surface area contributed by atoms with Crippen molar-refractivity contribution >= 4 is 12.2 Å². The van der Waals surface area contributed by atoms with Crippen molar-refractivity contribution in [2.24, 2.45) is 0 Å². The molecule has 0 aliphatic heterocycles. The third-order valence-electron chi connectivity index (χ3n) is 2.07. The lowest BCUT2D eigenvalue weighted by Crippen LogP contribution is -2.29. The molecule has 0 saturated heterocycles. The summed E-state index contributed by atoms with van der Waals surface area (Å²) in [5.74, 6) is 0.389. The highest BCUT2D eigenvalue weighted by Gasteiger charge is 2.07. The lowest BCUT2D eigenvalue weighted by atomic mass is 10.2. The molecule has 0 aromatic heterocycles. The van der Waals surface area contributed by atoms with Gasteiger partial charge in [-0.2, -0.15) is 5.26 Å². The Morgan fingerprint density at radius 2 is 2.33 bits per heavy atom. The Labute approximate surface area is 104 Å². The van der Waals surface area contributed by atoms with Crippen molar-refractivity contribution in [2.75, 3.05) is 20.3 Å². The van der Waals surface area contributed by atoms with Gasteiger partial charge in [-0.3, -0.25) is 9.59 Å². The summed E-state index contributed by atoms with van der Waals surface area (Å²) in [5.41, 5.74) is 0.294. The van der Waals surface area contributed by atoms with Crippen molar-refractivity contribution in [2.45, 2.75) is 0 Å². The highest BCUT2D eigenvalue weighted by atomic mass is 16.5. The van der Waals surface area contributed by atoms with Crippen LogP contribution in [-0.4, -0.2) is 32.5 Å². The van der Waals surface area contributed by atoms with E-state index in [1.165, 1.54) is 13.2 Å². The van der Waals surface area contributed by atoms with Crippen LogP contribution in [0.15, 0.2) is 18.2 Å². The Balaban J connectivity index is 2.64. The van der Waals surface area contributed by atoms with Gasteiger partial charge in [-0.15, -0.1) is 0 Å². The molecule has 0 aliphatic carbocycles. The number of nitrogens with one attached hydrogen (secondary N) is 1. The average Bonchev–Trinajstić information content (AvgIpc) is 2.42. The summed E-state index contributed by atoms with van der Waals surface area (Å²) in [4.78, 5) is 22.0. The van der Waals surface area contributed by atoms with E-state index < -0.39 is 5.91 Å². The van der Waals surface area contributed by atoms with Crippen molar-refractivity contribution in [1.29, 1.82) is 5.26 Å². The highest BCUT2D eigenvalue weighted by molar-refractivity contribution is 5.81. The van der Waals surface area contributed by atoms with Crippen molar-refractivity contribution in [3.05, 3.63) is 23.8 Å². The Morgan fingerprint density at radius 3 is 2.94 bits per heavy atom. The number of amides is 1. The van der Waals surface area contributed by atoms with Gasteiger partial charge in [-0.25, -0.2) is 0 Å². The van der Waals surface area contributed by atoms with Gasteiger partial charge in [0.05, 0.1) is 18.7 Å². The molecule has 1 N–H and O–H groups in total. The molecule has 1 aromatic rings. The van der Waals surface area contributed by atoms with Crippen LogP contribution in [0.25, 0.3) is 0 Å². The summed E-state index contributed by atoms with van der Waals surface area (Å²) in [6.07, 6.45) is 0.616. The normalized spacial score (nSPS) is 9.11. The summed E-state index contributed by atoms with van der Waals surface area (Å²) in [6.45, 7) is -0.333. The van der Waals surface area contributed by atoms with E-state index in [0.717, 1.165) is 0 Å². The van der Waals surface area contributed by atoms with Gasteiger partial charge in [0.2, 0.25) is 0 Å². The van der Waals surface area contributed by atoms with Crippen LogP contribution in [0.4, 0.5) is 0 Å². The molecule has 0 unspecified atom stereocenters. The van der Waals surface area contributed by atoms with Gasteiger partial charge in [0.25, 0.3) is 5.91 Å². The van der Waals surface area contributed by atoms with Crippen molar-refractivity contribution in [3.8, 4) is 17.6 Å². The smallest absolute Gasteiger partial charge is 0.258 e. The second-order valence-corrected chi connectivity index (χ2v) is 3.25. The fourth-order valence-corrected chi connectivity index (χ4v) is 1.21. The Kier molecular flexibility index (Phi) is 5.19. The predicted octanol–water partition coefficient (Wildman–Crippen LogP) is 0.526. The number of aldehydes is 1. The van der Waals surface area contributed by atoms with E-state index in [4.69, 9.17) is 14.7 Å². The maximum Gasteiger partial charge on any atom is 0.258 e. The molecule has 0 fully saturated rings. The summed E-state index contributed by atoms with van der Waals surface area (Å²) in [7, 11) is 1.49. The van der Waals surface area contributed by atoms with E-state index in [1.54, 1.807) is 18.2 Å². The standard InChI is InChI=1S/C12H12N2O4/c1-17-10-2-3-11(9(6-10)7-15)18-8-12(16)14-5-4-13/h2-3,6-7H,5,8H2,1H3,(H,14,16). The minimum Gasteiger partial charge on any atom is -0.497 e. The zero-order valence-corrected chi connectivity index (χ0v) is 9.80. The number of carbonyl (C=O) groups is 2. The Morgan fingerprint density at radius 1 is 1.56 bits per heavy atom. The average molecular weight is 248 g/mol. The lowest BCUT2D eigenvalue weighted by Gasteiger charge is -2.09. The molecular formula is C12H12N2O4. The van der Waals surface area contributed by atoms with Crippen LogP contribution in [-0.2, 0) is 4.79 Å². The van der Waals surface area contributed by atoms with Crippen LogP contribution in [0.5, 0.6) is 11.5 Å². The Hall–Kier alpha value is -2.55. The maximum absolute atomic E-state index is 11.2. The van der Waals surface area contributed by atoms with Crippen molar-refractivity contribution in [1.82, 2.24) is 5.32 Å². The van der Waals surface area contributed by atoms with Crippen molar-refractivity contribution < 1.29 is 19.1 Å². The molecule has 0 atom stereocenters. The van der Waals surface area contributed by atoms with Gasteiger partial charge in [0.1, 0.15) is 18.0 Å². The fourth-order valence-electron chi connectivity index (χ4n) is 1.21. The monoisotopic (exact) mass is 248 g/mol. The zero-order valence-electron chi connectivity index (χ0n) is 9.80. The zero-order chi connectivity index (χ0) is 13.4. The first-order chi connectivity index (χ1) is 8.71. The number of rotatable bonds is 6. The minimum absolute atomic E-state index is 0.0780. The first-order valence-electron chi connectivity index (χ1n) is 5.11. The molecule has 1 amide bonds. The number of carbonyl (C=O) groups excluding carboxylic acids is 2. The van der Waals surface area contributed by atoms with Gasteiger partial charge in [-0.05, 0) is 18.2 Å². The molecule has 1 aromatic carbocycles. The SMILES string of the molecule is COc1ccc(OCC(=O)NCC#N)c(C=O)c1. The molecule has 0 aliphatic rings. The lowest BCUT2D eigenvalue weighted by molar-refractivity contribution is -0.122. The molecule has 94 valence electrons. The molecule has 18 heavy (non-hydrogen) atoms. The van der Waals surface area contributed by atoms with E-state index in [0.29, 0.717) is 17.6 Å². The molecule has 0 saturated carbocycles. The van der Waals surface area contributed by atoms with E-state index >= 15 is 0 Å². The quantitative estimate of drug-likeness (QED) is 0.586. The molecule has 0 bridgehead atoms. The van der Waals surface area contributed by atoms with Crippen molar-refractivity contribution in [3.63, 3.8) is 0 Å². The molecule has 6 heteroatoms. The number of nitrogens with zero attached hydrogens (tertiary/aromatic N) is 1.